The van der Waals surface area contributed by atoms with Gasteiger partial charge in [-0.25, -0.2) is 13.8 Å². The Balaban J connectivity index is 3.28. The van der Waals surface area contributed by atoms with Crippen LogP contribution in [0.15, 0.2) is 6.07 Å². The van der Waals surface area contributed by atoms with Crippen LogP contribution in [0.2, 0.25) is 0 Å². The summed E-state index contributed by atoms with van der Waals surface area (Å²) in [5, 5.41) is -0.110. The molecule has 4 nitrogen and oxygen atoms in total. The van der Waals surface area contributed by atoms with Crippen LogP contribution >= 0.6 is 15.9 Å². The van der Waals surface area contributed by atoms with Crippen LogP contribution in [-0.2, 0) is 21.3 Å². The lowest BCUT2D eigenvalue weighted by Gasteiger charge is -2.15. The summed E-state index contributed by atoms with van der Waals surface area (Å²) in [5.41, 5.74) is -1.02. The van der Waals surface area contributed by atoms with Gasteiger partial charge in [0.05, 0.1) is 13.0 Å². The number of carbonyl (C=O) groups excluding carboxylic acids is 1. The summed E-state index contributed by atoms with van der Waals surface area (Å²) in [6, 6.07) is 0.798. The number of nitrogens with zero attached hydrogens (tertiary/aromatic N) is 1. The van der Waals surface area contributed by atoms with E-state index in [0.717, 1.165) is 6.07 Å². The van der Waals surface area contributed by atoms with Crippen molar-refractivity contribution in [2.75, 3.05) is 6.61 Å². The van der Waals surface area contributed by atoms with Gasteiger partial charge in [0.1, 0.15) is 5.69 Å². The average Bonchev–Trinajstić information content (AvgIpc) is 2.36. The molecular weight excluding hydrogens is 381 g/mol. The predicted octanol–water partition coefficient (Wildman–Crippen LogP) is 3.92. The van der Waals surface area contributed by atoms with E-state index in [2.05, 4.69) is 30.4 Å². The minimum absolute atomic E-state index is 0.0567. The summed E-state index contributed by atoms with van der Waals surface area (Å²) in [7, 11) is 0. The van der Waals surface area contributed by atoms with Crippen LogP contribution < -0.4 is 4.74 Å². The lowest BCUT2D eigenvalue weighted by Crippen LogP contribution is -2.19. The lowest BCUT2D eigenvalue weighted by molar-refractivity contribution is -0.276. The Morgan fingerprint density at radius 3 is 2.50 bits per heavy atom. The highest BCUT2D eigenvalue weighted by atomic mass is 79.9. The first-order valence-corrected chi connectivity index (χ1v) is 7.08. The number of aromatic nitrogens is 1. The highest BCUT2D eigenvalue weighted by Gasteiger charge is 2.33. The minimum Gasteiger partial charge on any atom is -0.466 e. The van der Waals surface area contributed by atoms with Gasteiger partial charge in [-0.3, -0.25) is 4.79 Å². The first kappa shape index (κ1) is 18.6. The molecule has 0 radical (unpaired) electrons. The molecular formula is C12H11BrF5NO3. The monoisotopic (exact) mass is 391 g/mol. The van der Waals surface area contributed by atoms with E-state index in [4.69, 9.17) is 0 Å². The van der Waals surface area contributed by atoms with Gasteiger partial charge in [-0.15, -0.1) is 13.2 Å². The smallest absolute Gasteiger partial charge is 0.466 e. The van der Waals surface area contributed by atoms with Gasteiger partial charge in [-0.1, -0.05) is 15.9 Å². The van der Waals surface area contributed by atoms with E-state index in [9.17, 15) is 26.7 Å². The molecule has 0 fully saturated rings. The van der Waals surface area contributed by atoms with Gasteiger partial charge in [0.15, 0.2) is 0 Å². The Labute approximate surface area is 130 Å². The molecule has 1 aromatic rings. The molecule has 0 amide bonds. The molecule has 0 aliphatic carbocycles. The number of halogens is 6. The number of ether oxygens (including phenoxy) is 2. The Kier molecular flexibility index (Phi) is 6.51. The van der Waals surface area contributed by atoms with Gasteiger partial charge in [0.2, 0.25) is 5.88 Å². The average molecular weight is 392 g/mol. The molecule has 1 aromatic heterocycles. The zero-order chi connectivity index (χ0) is 16.9. The summed E-state index contributed by atoms with van der Waals surface area (Å²) < 4.78 is 70.8. The summed E-state index contributed by atoms with van der Waals surface area (Å²) in [6.45, 7) is 1.60. The summed E-state index contributed by atoms with van der Waals surface area (Å²) >= 11 is 2.95. The summed E-state index contributed by atoms with van der Waals surface area (Å²) in [4.78, 5) is 14.6. The van der Waals surface area contributed by atoms with Crippen molar-refractivity contribution in [2.24, 2.45) is 0 Å². The fourth-order valence-corrected chi connectivity index (χ4v) is 2.30. The molecule has 0 bridgehead atoms. The van der Waals surface area contributed by atoms with E-state index in [-0.39, 0.29) is 23.1 Å². The standard InChI is InChI=1S/C12H11BrF5NO3/c1-2-21-9(20)4-6-3-8(22-12(16,17)18)19-10(11(14)15)7(6)5-13/h3,11H,2,4-5H2,1H3. The van der Waals surface area contributed by atoms with Gasteiger partial charge in [0.25, 0.3) is 6.43 Å². The lowest BCUT2D eigenvalue weighted by atomic mass is 10.0. The quantitative estimate of drug-likeness (QED) is 0.419. The number of hydrogen-bond donors (Lipinski definition) is 0. The molecule has 0 N–H and O–H groups in total. The first-order valence-electron chi connectivity index (χ1n) is 5.96. The topological polar surface area (TPSA) is 48.4 Å². The van der Waals surface area contributed by atoms with Crippen LogP contribution in [0, 0.1) is 0 Å². The van der Waals surface area contributed by atoms with Crippen molar-refractivity contribution in [3.05, 3.63) is 22.9 Å². The molecule has 1 heterocycles. The van der Waals surface area contributed by atoms with Crippen molar-refractivity contribution >= 4 is 21.9 Å². The fraction of sp³-hybridized carbons (Fsp3) is 0.500. The molecule has 0 aliphatic heterocycles. The van der Waals surface area contributed by atoms with Crippen LogP contribution in [0.1, 0.15) is 30.2 Å². The van der Waals surface area contributed by atoms with E-state index in [1.165, 1.54) is 0 Å². The zero-order valence-corrected chi connectivity index (χ0v) is 12.8. The molecule has 1 rings (SSSR count). The Bertz CT molecular complexity index is 536. The van der Waals surface area contributed by atoms with E-state index < -0.39 is 36.8 Å². The molecule has 0 unspecified atom stereocenters. The maximum Gasteiger partial charge on any atom is 0.574 e. The third kappa shape index (κ3) is 5.39. The molecule has 0 aliphatic rings. The fourth-order valence-electron chi connectivity index (χ4n) is 1.65. The molecule has 124 valence electrons. The van der Waals surface area contributed by atoms with Gasteiger partial charge < -0.3 is 9.47 Å². The van der Waals surface area contributed by atoms with Gasteiger partial charge in [-0.2, -0.15) is 0 Å². The van der Waals surface area contributed by atoms with E-state index >= 15 is 0 Å². The molecule has 10 heteroatoms. The Hall–Kier alpha value is -1.45. The van der Waals surface area contributed by atoms with Gasteiger partial charge in [-0.05, 0) is 18.1 Å². The van der Waals surface area contributed by atoms with E-state index in [1.807, 2.05) is 0 Å². The second-order valence-electron chi connectivity index (χ2n) is 3.95. The van der Waals surface area contributed by atoms with Gasteiger partial charge in [0, 0.05) is 11.4 Å². The molecule has 0 saturated carbocycles. The normalized spacial score (nSPS) is 11.6. The molecule has 0 aromatic carbocycles. The van der Waals surface area contributed by atoms with Crippen molar-refractivity contribution < 1.29 is 36.2 Å². The van der Waals surface area contributed by atoms with Crippen LogP contribution in [0.3, 0.4) is 0 Å². The van der Waals surface area contributed by atoms with Crippen molar-refractivity contribution in [3.63, 3.8) is 0 Å². The summed E-state index contributed by atoms with van der Waals surface area (Å²) in [5.74, 6) is -1.80. The third-order valence-corrected chi connectivity index (χ3v) is 2.99. The second-order valence-corrected chi connectivity index (χ2v) is 4.51. The van der Waals surface area contributed by atoms with Crippen LogP contribution in [-0.4, -0.2) is 23.9 Å². The molecule has 22 heavy (non-hydrogen) atoms. The van der Waals surface area contributed by atoms with E-state index in [1.54, 1.807) is 6.92 Å². The van der Waals surface area contributed by atoms with Crippen LogP contribution in [0.4, 0.5) is 22.0 Å². The number of esters is 1. The highest BCUT2D eigenvalue weighted by Crippen LogP contribution is 2.31. The largest absolute Gasteiger partial charge is 0.574 e. The second kappa shape index (κ2) is 7.70. The predicted molar refractivity (Wildman–Crippen MR) is 68.8 cm³/mol. The first-order chi connectivity index (χ1) is 10.2. The minimum atomic E-state index is -5.08. The Morgan fingerprint density at radius 1 is 1.41 bits per heavy atom. The molecule has 0 atom stereocenters. The maximum atomic E-state index is 13.0. The molecule has 0 spiro atoms. The van der Waals surface area contributed by atoms with Crippen molar-refractivity contribution in [3.8, 4) is 5.88 Å². The highest BCUT2D eigenvalue weighted by molar-refractivity contribution is 9.08. The Morgan fingerprint density at radius 2 is 2.05 bits per heavy atom. The van der Waals surface area contributed by atoms with Gasteiger partial charge >= 0.3 is 12.3 Å². The van der Waals surface area contributed by atoms with Crippen LogP contribution in [0.25, 0.3) is 0 Å². The SMILES string of the molecule is CCOC(=O)Cc1cc(OC(F)(F)F)nc(C(F)F)c1CBr. The number of pyridine rings is 1. The van der Waals surface area contributed by atoms with Crippen molar-refractivity contribution in [1.29, 1.82) is 0 Å². The molecule has 0 saturated heterocycles. The van der Waals surface area contributed by atoms with Crippen molar-refractivity contribution in [2.45, 2.75) is 31.5 Å². The third-order valence-electron chi connectivity index (χ3n) is 2.43. The van der Waals surface area contributed by atoms with E-state index in [0.29, 0.717) is 0 Å². The maximum absolute atomic E-state index is 13.0. The zero-order valence-electron chi connectivity index (χ0n) is 11.2. The number of carbonyl (C=O) groups is 1. The number of hydrogen-bond acceptors (Lipinski definition) is 4. The van der Waals surface area contributed by atoms with Crippen molar-refractivity contribution in [1.82, 2.24) is 4.98 Å². The number of alkyl halides is 6. The van der Waals surface area contributed by atoms with Crippen LogP contribution in [0.5, 0.6) is 5.88 Å². The summed E-state index contributed by atoms with van der Waals surface area (Å²) in [6.07, 6.45) is -8.67. The number of rotatable bonds is 6.